The summed E-state index contributed by atoms with van der Waals surface area (Å²) >= 11 is 5.20. The van der Waals surface area contributed by atoms with Crippen molar-refractivity contribution in [3.05, 3.63) is 22.7 Å². The van der Waals surface area contributed by atoms with E-state index in [0.29, 0.717) is 6.33 Å². The van der Waals surface area contributed by atoms with Gasteiger partial charge in [-0.25, -0.2) is 14.8 Å². The number of hydrogen-bond donors (Lipinski definition) is 1. The largest absolute Gasteiger partial charge is 0.478 e. The zero-order chi connectivity index (χ0) is 10.9. The first kappa shape index (κ1) is 10.7. The van der Waals surface area contributed by atoms with Gasteiger partial charge < -0.3 is 5.11 Å². The zero-order valence-electron chi connectivity index (χ0n) is 6.34. The monoisotopic (exact) mass is 226 g/mol. The molecule has 0 fully saturated rings. The van der Waals surface area contributed by atoms with Crippen LogP contribution in [0.5, 0.6) is 0 Å². The lowest BCUT2D eigenvalue weighted by atomic mass is 10.2. The fourth-order valence-electron chi connectivity index (χ4n) is 0.769. The van der Waals surface area contributed by atoms with E-state index in [2.05, 4.69) is 9.97 Å². The first-order chi connectivity index (χ1) is 6.34. The van der Waals surface area contributed by atoms with Gasteiger partial charge in [-0.3, -0.25) is 0 Å². The number of carboxylic acids is 1. The lowest BCUT2D eigenvalue weighted by Crippen LogP contribution is -2.16. The number of carboxylic acid groups (broad SMARTS) is 1. The highest BCUT2D eigenvalue weighted by Gasteiger charge is 2.38. The summed E-state index contributed by atoms with van der Waals surface area (Å²) in [5.41, 5.74) is -2.69. The highest BCUT2D eigenvalue weighted by atomic mass is 35.5. The van der Waals surface area contributed by atoms with Crippen LogP contribution in [0.15, 0.2) is 6.33 Å². The molecule has 76 valence electrons. The Morgan fingerprint density at radius 1 is 1.43 bits per heavy atom. The van der Waals surface area contributed by atoms with Gasteiger partial charge in [0.1, 0.15) is 17.0 Å². The lowest BCUT2D eigenvalue weighted by Gasteiger charge is -2.08. The molecule has 1 aromatic rings. The quantitative estimate of drug-likeness (QED) is 0.742. The van der Waals surface area contributed by atoms with E-state index in [0.717, 1.165) is 0 Å². The molecule has 1 heterocycles. The van der Waals surface area contributed by atoms with Gasteiger partial charge in [0.25, 0.3) is 0 Å². The van der Waals surface area contributed by atoms with E-state index in [9.17, 15) is 18.0 Å². The summed E-state index contributed by atoms with van der Waals surface area (Å²) in [6.45, 7) is 0. The Kier molecular flexibility index (Phi) is 2.61. The molecule has 0 atom stereocenters. The minimum Gasteiger partial charge on any atom is -0.478 e. The van der Waals surface area contributed by atoms with E-state index in [1.165, 1.54) is 0 Å². The number of aromatic carboxylic acids is 1. The Bertz CT molecular complexity index is 380. The fraction of sp³-hybridized carbons (Fsp3) is 0.167. The van der Waals surface area contributed by atoms with Gasteiger partial charge in [-0.05, 0) is 0 Å². The van der Waals surface area contributed by atoms with Crippen LogP contribution in [-0.4, -0.2) is 21.0 Å². The van der Waals surface area contributed by atoms with E-state index in [4.69, 9.17) is 16.7 Å². The molecule has 14 heavy (non-hydrogen) atoms. The molecule has 0 radical (unpaired) electrons. The Balaban J connectivity index is 3.44. The smallest absolute Gasteiger partial charge is 0.434 e. The van der Waals surface area contributed by atoms with Crippen molar-refractivity contribution in [2.75, 3.05) is 0 Å². The molecular weight excluding hydrogens is 225 g/mol. The molecule has 1 rings (SSSR count). The number of carbonyl (C=O) groups is 1. The van der Waals surface area contributed by atoms with Crippen LogP contribution in [-0.2, 0) is 6.18 Å². The van der Waals surface area contributed by atoms with Crippen LogP contribution < -0.4 is 0 Å². The van der Waals surface area contributed by atoms with E-state index in [1.54, 1.807) is 0 Å². The average Bonchev–Trinajstić information content (AvgIpc) is 2.01. The molecule has 0 bridgehead atoms. The molecule has 0 unspecified atom stereocenters. The molecule has 1 N–H and O–H groups in total. The second kappa shape index (κ2) is 3.41. The summed E-state index contributed by atoms with van der Waals surface area (Å²) in [6, 6.07) is 0. The maximum absolute atomic E-state index is 12.2. The van der Waals surface area contributed by atoms with E-state index < -0.39 is 28.6 Å². The third kappa shape index (κ3) is 1.92. The highest BCUT2D eigenvalue weighted by Crippen LogP contribution is 2.32. The molecule has 0 amide bonds. The molecular formula is C6H2ClF3N2O2. The maximum Gasteiger partial charge on any atom is 0.434 e. The van der Waals surface area contributed by atoms with Crippen molar-refractivity contribution < 1.29 is 23.1 Å². The third-order valence-electron chi connectivity index (χ3n) is 1.28. The van der Waals surface area contributed by atoms with Gasteiger partial charge in [0.2, 0.25) is 0 Å². The molecule has 0 aliphatic carbocycles. The summed E-state index contributed by atoms with van der Waals surface area (Å²) in [5, 5.41) is 7.71. The van der Waals surface area contributed by atoms with Crippen molar-refractivity contribution in [1.82, 2.24) is 9.97 Å². The van der Waals surface area contributed by atoms with E-state index in [1.807, 2.05) is 0 Å². The number of alkyl halides is 3. The van der Waals surface area contributed by atoms with Crippen LogP contribution in [0.4, 0.5) is 13.2 Å². The van der Waals surface area contributed by atoms with Crippen LogP contribution >= 0.6 is 11.6 Å². The minimum atomic E-state index is -4.86. The van der Waals surface area contributed by atoms with Gasteiger partial charge in [-0.2, -0.15) is 13.2 Å². The molecule has 0 aliphatic heterocycles. The van der Waals surface area contributed by atoms with Crippen molar-refractivity contribution in [3.63, 3.8) is 0 Å². The Morgan fingerprint density at radius 2 is 2.00 bits per heavy atom. The normalized spacial score (nSPS) is 11.4. The third-order valence-corrected chi connectivity index (χ3v) is 1.57. The number of rotatable bonds is 1. The van der Waals surface area contributed by atoms with Crippen molar-refractivity contribution in [3.8, 4) is 0 Å². The Labute approximate surface area is 80.4 Å². The van der Waals surface area contributed by atoms with Crippen molar-refractivity contribution >= 4 is 17.6 Å². The summed E-state index contributed by atoms with van der Waals surface area (Å²) in [4.78, 5) is 16.4. The first-order valence-electron chi connectivity index (χ1n) is 3.15. The van der Waals surface area contributed by atoms with Crippen LogP contribution in [0.2, 0.25) is 5.15 Å². The second-order valence-corrected chi connectivity index (χ2v) is 2.55. The Hall–Kier alpha value is -1.37. The second-order valence-electron chi connectivity index (χ2n) is 2.19. The Morgan fingerprint density at radius 3 is 2.36 bits per heavy atom. The van der Waals surface area contributed by atoms with Crippen molar-refractivity contribution in [2.24, 2.45) is 0 Å². The molecule has 1 aromatic heterocycles. The molecule has 4 nitrogen and oxygen atoms in total. The predicted octanol–water partition coefficient (Wildman–Crippen LogP) is 1.85. The molecule has 8 heteroatoms. The van der Waals surface area contributed by atoms with Gasteiger partial charge in [0.15, 0.2) is 5.69 Å². The molecule has 0 saturated carbocycles. The number of halogens is 4. The highest BCUT2D eigenvalue weighted by molar-refractivity contribution is 6.32. The van der Waals surface area contributed by atoms with Crippen LogP contribution in [0.1, 0.15) is 16.1 Å². The lowest BCUT2D eigenvalue weighted by molar-refractivity contribution is -0.141. The first-order valence-corrected chi connectivity index (χ1v) is 3.53. The molecule has 0 aromatic carbocycles. The predicted molar refractivity (Wildman–Crippen MR) is 39.0 cm³/mol. The standard InChI is InChI=1S/C6H2ClF3N2O2/c7-4-2(5(13)14)3(6(8,9)10)11-1-12-4/h1H,(H,13,14). The van der Waals surface area contributed by atoms with Crippen molar-refractivity contribution in [2.45, 2.75) is 6.18 Å². The molecule has 0 aliphatic rings. The zero-order valence-corrected chi connectivity index (χ0v) is 7.10. The summed E-state index contributed by atoms with van der Waals surface area (Å²) < 4.78 is 36.5. The molecule has 0 saturated heterocycles. The van der Waals surface area contributed by atoms with E-state index >= 15 is 0 Å². The van der Waals surface area contributed by atoms with E-state index in [-0.39, 0.29) is 0 Å². The van der Waals surface area contributed by atoms with Gasteiger partial charge in [-0.1, -0.05) is 11.6 Å². The van der Waals surface area contributed by atoms with Gasteiger partial charge in [0.05, 0.1) is 0 Å². The summed E-state index contributed by atoms with van der Waals surface area (Å²) in [5.74, 6) is -1.82. The minimum absolute atomic E-state index is 0.553. The van der Waals surface area contributed by atoms with Crippen molar-refractivity contribution in [1.29, 1.82) is 0 Å². The fourth-order valence-corrected chi connectivity index (χ4v) is 0.983. The average molecular weight is 227 g/mol. The summed E-state index contributed by atoms with van der Waals surface area (Å²) in [6.07, 6.45) is -4.31. The maximum atomic E-state index is 12.2. The topological polar surface area (TPSA) is 63.1 Å². The van der Waals surface area contributed by atoms with Crippen LogP contribution in [0, 0.1) is 0 Å². The van der Waals surface area contributed by atoms with Gasteiger partial charge in [0, 0.05) is 0 Å². The number of hydrogen-bond acceptors (Lipinski definition) is 3. The SMILES string of the molecule is O=C(O)c1c(Cl)ncnc1C(F)(F)F. The molecule has 0 spiro atoms. The number of aromatic nitrogens is 2. The number of nitrogens with zero attached hydrogens (tertiary/aromatic N) is 2. The summed E-state index contributed by atoms with van der Waals surface area (Å²) in [7, 11) is 0. The van der Waals surface area contributed by atoms with Crippen LogP contribution in [0.25, 0.3) is 0 Å². The van der Waals surface area contributed by atoms with Gasteiger partial charge >= 0.3 is 12.1 Å². The van der Waals surface area contributed by atoms with Gasteiger partial charge in [-0.15, -0.1) is 0 Å². The van der Waals surface area contributed by atoms with Crippen LogP contribution in [0.3, 0.4) is 0 Å².